The van der Waals surface area contributed by atoms with Crippen molar-refractivity contribution in [3.8, 4) is 0 Å². The molecule has 0 aliphatic heterocycles. The number of hydrogen-bond acceptors (Lipinski definition) is 4. The van der Waals surface area contributed by atoms with E-state index in [4.69, 9.17) is 4.74 Å². The highest BCUT2D eigenvalue weighted by atomic mass is 16.6. The molecule has 0 heterocycles. The van der Waals surface area contributed by atoms with Gasteiger partial charge in [-0.3, -0.25) is 9.59 Å². The van der Waals surface area contributed by atoms with Crippen molar-refractivity contribution in [2.24, 2.45) is 5.92 Å². The number of alkyl carbamates (subject to hydrolysis) is 1. The molecule has 1 aromatic rings. The number of rotatable bonds is 10. The predicted octanol–water partition coefficient (Wildman–Crippen LogP) is 5.61. The summed E-state index contributed by atoms with van der Waals surface area (Å²) in [4.78, 5) is 42.0. The summed E-state index contributed by atoms with van der Waals surface area (Å²) >= 11 is 0. The van der Waals surface area contributed by atoms with Crippen molar-refractivity contribution < 1.29 is 19.1 Å². The third-order valence-corrected chi connectivity index (χ3v) is 6.75. The standard InChI is InChI=1S/C29H45N3O4/c1-8-20(4)24(31-28(35)36-29(5,6)7)27(34)32(10-3)25(22-16-14-15-21(9-2)19-22)26(33)30-23-17-12-11-13-18-23/h9,14-16,19-20,23-25H,2,8,10-13,17-18H2,1,3-7H3,(H,30,33)(H,31,35). The summed E-state index contributed by atoms with van der Waals surface area (Å²) in [6.45, 7) is 15.3. The first-order valence-electron chi connectivity index (χ1n) is 13.3. The van der Waals surface area contributed by atoms with Crippen molar-refractivity contribution in [2.45, 2.75) is 104 Å². The van der Waals surface area contributed by atoms with Crippen LogP contribution in [0.15, 0.2) is 30.8 Å². The quantitative estimate of drug-likeness (QED) is 0.438. The molecule has 0 spiro atoms. The summed E-state index contributed by atoms with van der Waals surface area (Å²) in [7, 11) is 0. The van der Waals surface area contributed by atoms with Crippen molar-refractivity contribution in [1.29, 1.82) is 0 Å². The zero-order valence-electron chi connectivity index (χ0n) is 22.9. The van der Waals surface area contributed by atoms with E-state index in [0.29, 0.717) is 13.0 Å². The lowest BCUT2D eigenvalue weighted by molar-refractivity contribution is -0.143. The number of benzene rings is 1. The largest absolute Gasteiger partial charge is 0.444 e. The number of nitrogens with one attached hydrogen (secondary N) is 2. The van der Waals surface area contributed by atoms with Crippen LogP contribution in [0, 0.1) is 5.92 Å². The second-order valence-corrected chi connectivity index (χ2v) is 10.8. The maximum atomic E-state index is 14.0. The van der Waals surface area contributed by atoms with Crippen molar-refractivity contribution in [1.82, 2.24) is 15.5 Å². The number of likely N-dealkylation sites (N-methyl/N-ethyl adjacent to an activating group) is 1. The summed E-state index contributed by atoms with van der Waals surface area (Å²) in [6, 6.07) is 6.01. The third-order valence-electron chi connectivity index (χ3n) is 6.75. The molecule has 0 saturated heterocycles. The molecule has 36 heavy (non-hydrogen) atoms. The van der Waals surface area contributed by atoms with Crippen LogP contribution in [-0.2, 0) is 14.3 Å². The fourth-order valence-electron chi connectivity index (χ4n) is 4.62. The zero-order chi connectivity index (χ0) is 26.9. The van der Waals surface area contributed by atoms with E-state index in [1.165, 1.54) is 6.42 Å². The molecule has 0 bridgehead atoms. The Morgan fingerprint density at radius 3 is 2.39 bits per heavy atom. The molecule has 7 nitrogen and oxygen atoms in total. The number of ether oxygens (including phenoxy) is 1. The first kappa shape index (κ1) is 29.4. The number of nitrogens with zero attached hydrogens (tertiary/aromatic N) is 1. The molecule has 3 unspecified atom stereocenters. The van der Waals surface area contributed by atoms with Crippen LogP contribution in [0.3, 0.4) is 0 Å². The lowest BCUT2D eigenvalue weighted by Crippen LogP contribution is -2.55. The Morgan fingerprint density at radius 1 is 1.17 bits per heavy atom. The fraction of sp³-hybridized carbons (Fsp3) is 0.621. The Hall–Kier alpha value is -2.83. The first-order chi connectivity index (χ1) is 17.0. The van der Waals surface area contributed by atoms with Crippen LogP contribution in [0.4, 0.5) is 4.79 Å². The van der Waals surface area contributed by atoms with Crippen molar-refractivity contribution in [3.05, 3.63) is 42.0 Å². The Kier molecular flexibility index (Phi) is 11.0. The van der Waals surface area contributed by atoms with Gasteiger partial charge < -0.3 is 20.3 Å². The summed E-state index contributed by atoms with van der Waals surface area (Å²) < 4.78 is 5.44. The van der Waals surface area contributed by atoms with Crippen LogP contribution in [-0.4, -0.2) is 47.0 Å². The molecule has 1 aromatic carbocycles. The average Bonchev–Trinajstić information content (AvgIpc) is 2.84. The second-order valence-electron chi connectivity index (χ2n) is 10.8. The van der Waals surface area contributed by atoms with Gasteiger partial charge in [-0.1, -0.05) is 70.4 Å². The smallest absolute Gasteiger partial charge is 0.408 e. The highest BCUT2D eigenvalue weighted by Gasteiger charge is 2.38. The molecular formula is C29H45N3O4. The van der Waals surface area contributed by atoms with Gasteiger partial charge in [-0.05, 0) is 63.6 Å². The minimum atomic E-state index is -0.823. The van der Waals surface area contributed by atoms with E-state index >= 15 is 0 Å². The number of carbonyl (C=O) groups is 3. The van der Waals surface area contributed by atoms with E-state index in [1.807, 2.05) is 45.0 Å². The van der Waals surface area contributed by atoms with Crippen LogP contribution in [0.1, 0.15) is 97.2 Å². The van der Waals surface area contributed by atoms with E-state index < -0.39 is 23.8 Å². The van der Waals surface area contributed by atoms with Gasteiger partial charge in [0, 0.05) is 12.6 Å². The molecule has 200 valence electrons. The highest BCUT2D eigenvalue weighted by Crippen LogP contribution is 2.27. The van der Waals surface area contributed by atoms with Crippen LogP contribution in [0.25, 0.3) is 6.08 Å². The van der Waals surface area contributed by atoms with Crippen LogP contribution in [0.2, 0.25) is 0 Å². The van der Waals surface area contributed by atoms with Gasteiger partial charge in [-0.25, -0.2) is 4.79 Å². The fourth-order valence-corrected chi connectivity index (χ4v) is 4.62. The predicted molar refractivity (Wildman–Crippen MR) is 144 cm³/mol. The molecule has 2 rings (SSSR count). The van der Waals surface area contributed by atoms with Gasteiger partial charge >= 0.3 is 6.09 Å². The number of amides is 3. The van der Waals surface area contributed by atoms with Gasteiger partial charge in [0.2, 0.25) is 11.8 Å². The molecule has 3 amide bonds. The minimum absolute atomic E-state index is 0.107. The SMILES string of the molecule is C=Cc1cccc(C(C(=O)NC2CCCCC2)N(CC)C(=O)C(NC(=O)OC(C)(C)C)C(C)CC)c1. The molecule has 1 aliphatic rings. The first-order valence-corrected chi connectivity index (χ1v) is 13.3. The molecule has 1 fully saturated rings. The number of carbonyl (C=O) groups excluding carboxylic acids is 3. The molecule has 3 atom stereocenters. The molecular weight excluding hydrogens is 454 g/mol. The van der Waals surface area contributed by atoms with E-state index in [0.717, 1.165) is 36.8 Å². The van der Waals surface area contributed by atoms with Gasteiger partial charge in [-0.15, -0.1) is 0 Å². The molecule has 1 aliphatic carbocycles. The van der Waals surface area contributed by atoms with Crippen molar-refractivity contribution in [2.75, 3.05) is 6.54 Å². The number of hydrogen-bond donors (Lipinski definition) is 2. The Labute approximate surface area is 217 Å². The third kappa shape index (κ3) is 8.38. The normalized spacial score (nSPS) is 16.8. The summed E-state index contributed by atoms with van der Waals surface area (Å²) in [5, 5.41) is 6.00. The summed E-state index contributed by atoms with van der Waals surface area (Å²) in [6.07, 6.45) is 7.01. The Bertz CT molecular complexity index is 902. The lowest BCUT2D eigenvalue weighted by Gasteiger charge is -2.36. The Morgan fingerprint density at radius 2 is 1.83 bits per heavy atom. The molecule has 2 N–H and O–H groups in total. The highest BCUT2D eigenvalue weighted by molar-refractivity contribution is 5.92. The van der Waals surface area contributed by atoms with Crippen LogP contribution in [0.5, 0.6) is 0 Å². The summed E-state index contributed by atoms with van der Waals surface area (Å²) in [5.74, 6) is -0.648. The van der Waals surface area contributed by atoms with E-state index in [9.17, 15) is 14.4 Å². The Balaban J connectivity index is 2.42. The van der Waals surface area contributed by atoms with Gasteiger partial charge in [0.15, 0.2) is 0 Å². The molecule has 7 heteroatoms. The lowest BCUT2D eigenvalue weighted by atomic mass is 9.93. The maximum absolute atomic E-state index is 14.0. The average molecular weight is 500 g/mol. The van der Waals surface area contributed by atoms with Gasteiger partial charge in [0.25, 0.3) is 0 Å². The second kappa shape index (κ2) is 13.5. The molecule has 1 saturated carbocycles. The van der Waals surface area contributed by atoms with Crippen molar-refractivity contribution in [3.63, 3.8) is 0 Å². The van der Waals surface area contributed by atoms with Gasteiger partial charge in [-0.2, -0.15) is 0 Å². The van der Waals surface area contributed by atoms with E-state index in [2.05, 4.69) is 17.2 Å². The molecule has 0 radical (unpaired) electrons. The van der Waals surface area contributed by atoms with Crippen LogP contribution < -0.4 is 10.6 Å². The van der Waals surface area contributed by atoms with Gasteiger partial charge in [0.1, 0.15) is 17.7 Å². The van der Waals surface area contributed by atoms with Gasteiger partial charge in [0.05, 0.1) is 0 Å². The molecule has 0 aromatic heterocycles. The minimum Gasteiger partial charge on any atom is -0.444 e. The van der Waals surface area contributed by atoms with Crippen LogP contribution >= 0.6 is 0 Å². The summed E-state index contributed by atoms with van der Waals surface area (Å²) in [5.41, 5.74) is 0.901. The van der Waals surface area contributed by atoms with E-state index in [-0.39, 0.29) is 23.8 Å². The monoisotopic (exact) mass is 499 g/mol. The van der Waals surface area contributed by atoms with E-state index in [1.54, 1.807) is 31.7 Å². The zero-order valence-corrected chi connectivity index (χ0v) is 22.9. The van der Waals surface area contributed by atoms with Crippen molar-refractivity contribution >= 4 is 24.0 Å². The topological polar surface area (TPSA) is 87.7 Å². The maximum Gasteiger partial charge on any atom is 0.408 e.